The fraction of sp³-hybridized carbons (Fsp3) is 0.200. The Morgan fingerprint density at radius 3 is 2.82 bits per heavy atom. The number of rotatable bonds is 5. The number of benzene rings is 2. The number of amides is 2. The van der Waals surface area contributed by atoms with Crippen LogP contribution in [0.3, 0.4) is 0 Å². The van der Waals surface area contributed by atoms with Crippen molar-refractivity contribution in [2.45, 2.75) is 13.0 Å². The molecular weight excluding hydrogens is 424 g/mol. The van der Waals surface area contributed by atoms with Gasteiger partial charge in [-0.3, -0.25) is 9.59 Å². The minimum atomic E-state index is -0.414. The summed E-state index contributed by atoms with van der Waals surface area (Å²) in [7, 11) is 0. The first kappa shape index (κ1) is 18.4. The van der Waals surface area contributed by atoms with Gasteiger partial charge in [0.25, 0.3) is 0 Å². The molecule has 0 saturated carbocycles. The summed E-state index contributed by atoms with van der Waals surface area (Å²) in [4.78, 5) is 30.7. The molecule has 8 heteroatoms. The predicted octanol–water partition coefficient (Wildman–Crippen LogP) is 3.17. The molecule has 7 nitrogen and oxygen atoms in total. The van der Waals surface area contributed by atoms with Crippen LogP contribution in [0.15, 0.2) is 63.6 Å². The minimum Gasteiger partial charge on any atom is -0.347 e. The fourth-order valence-electron chi connectivity index (χ4n) is 3.11. The number of carbonyl (C=O) groups excluding carboxylic acids is 2. The van der Waals surface area contributed by atoms with Crippen LogP contribution in [0.2, 0.25) is 0 Å². The van der Waals surface area contributed by atoms with Crippen LogP contribution in [0.5, 0.6) is 0 Å². The Bertz CT molecular complexity index is 1010. The highest BCUT2D eigenvalue weighted by atomic mass is 79.9. The van der Waals surface area contributed by atoms with Crippen molar-refractivity contribution in [3.63, 3.8) is 0 Å². The van der Waals surface area contributed by atoms with E-state index in [1.807, 2.05) is 54.6 Å². The van der Waals surface area contributed by atoms with Crippen LogP contribution in [0.25, 0.3) is 11.4 Å². The molecular formula is C20H17BrN4O3. The highest BCUT2D eigenvalue weighted by Crippen LogP contribution is 2.27. The van der Waals surface area contributed by atoms with Crippen molar-refractivity contribution in [3.8, 4) is 11.4 Å². The molecule has 1 atom stereocenters. The molecule has 142 valence electrons. The number of nitrogens with one attached hydrogen (secondary N) is 1. The number of nitrogens with zero attached hydrogens (tertiary/aromatic N) is 3. The molecule has 0 radical (unpaired) electrons. The van der Waals surface area contributed by atoms with Crippen molar-refractivity contribution in [2.75, 3.05) is 11.4 Å². The number of hydrogen-bond donors (Lipinski definition) is 1. The molecule has 1 N–H and O–H groups in total. The minimum absolute atomic E-state index is 0.0672. The fourth-order valence-corrected chi connectivity index (χ4v) is 3.50. The molecule has 2 aromatic carbocycles. The molecule has 0 spiro atoms. The van der Waals surface area contributed by atoms with Crippen LogP contribution in [-0.4, -0.2) is 28.5 Å². The molecule has 1 fully saturated rings. The molecule has 0 bridgehead atoms. The lowest BCUT2D eigenvalue weighted by atomic mass is 10.1. The van der Waals surface area contributed by atoms with Crippen molar-refractivity contribution in [1.29, 1.82) is 0 Å². The largest absolute Gasteiger partial charge is 0.347 e. The second-order valence-electron chi connectivity index (χ2n) is 6.48. The van der Waals surface area contributed by atoms with E-state index in [1.165, 1.54) is 0 Å². The molecule has 1 aromatic heterocycles. The molecule has 1 aliphatic rings. The van der Waals surface area contributed by atoms with Gasteiger partial charge in [0.2, 0.25) is 23.5 Å². The van der Waals surface area contributed by atoms with Gasteiger partial charge in [0, 0.05) is 28.7 Å². The third kappa shape index (κ3) is 3.96. The Balaban J connectivity index is 1.36. The van der Waals surface area contributed by atoms with Crippen LogP contribution in [0, 0.1) is 5.92 Å². The standard InChI is InChI=1S/C20H17BrN4O3/c21-15-7-4-8-16(10-15)25-12-14(9-18(25)26)20(27)22-11-17-23-19(24-28-17)13-5-2-1-3-6-13/h1-8,10,14H,9,11-12H2,(H,22,27)/t14-/m1/s1. The van der Waals surface area contributed by atoms with Crippen molar-refractivity contribution in [1.82, 2.24) is 15.5 Å². The van der Waals surface area contributed by atoms with Gasteiger partial charge < -0.3 is 14.7 Å². The predicted molar refractivity (Wildman–Crippen MR) is 106 cm³/mol. The summed E-state index contributed by atoms with van der Waals surface area (Å²) >= 11 is 3.40. The Morgan fingerprint density at radius 2 is 2.04 bits per heavy atom. The lowest BCUT2D eigenvalue weighted by Gasteiger charge is -2.16. The van der Waals surface area contributed by atoms with Gasteiger partial charge in [0.15, 0.2) is 0 Å². The first-order valence-corrected chi connectivity index (χ1v) is 9.61. The summed E-state index contributed by atoms with van der Waals surface area (Å²) < 4.78 is 6.08. The molecule has 28 heavy (non-hydrogen) atoms. The summed E-state index contributed by atoms with van der Waals surface area (Å²) in [6.07, 6.45) is 0.178. The highest BCUT2D eigenvalue weighted by Gasteiger charge is 2.35. The maximum atomic E-state index is 12.5. The molecule has 1 saturated heterocycles. The molecule has 2 amide bonds. The molecule has 1 aliphatic heterocycles. The van der Waals surface area contributed by atoms with Crippen LogP contribution in [0.1, 0.15) is 12.3 Å². The van der Waals surface area contributed by atoms with Crippen LogP contribution in [0.4, 0.5) is 5.69 Å². The number of halogens is 1. The van der Waals surface area contributed by atoms with Gasteiger partial charge in [-0.05, 0) is 18.2 Å². The zero-order chi connectivity index (χ0) is 19.5. The lowest BCUT2D eigenvalue weighted by Crippen LogP contribution is -2.32. The van der Waals surface area contributed by atoms with Gasteiger partial charge in [-0.15, -0.1) is 0 Å². The number of aromatic nitrogens is 2. The van der Waals surface area contributed by atoms with Gasteiger partial charge in [-0.25, -0.2) is 0 Å². The molecule has 2 heterocycles. The summed E-state index contributed by atoms with van der Waals surface area (Å²) in [5.41, 5.74) is 1.62. The quantitative estimate of drug-likeness (QED) is 0.657. The van der Waals surface area contributed by atoms with Gasteiger partial charge in [0.05, 0.1) is 12.5 Å². The summed E-state index contributed by atoms with van der Waals surface area (Å²) in [5.74, 6) is 0.109. The van der Waals surface area contributed by atoms with E-state index in [0.29, 0.717) is 18.3 Å². The smallest absolute Gasteiger partial charge is 0.246 e. The zero-order valence-electron chi connectivity index (χ0n) is 14.8. The van der Waals surface area contributed by atoms with Crippen LogP contribution < -0.4 is 10.2 Å². The van der Waals surface area contributed by atoms with Gasteiger partial charge in [0.1, 0.15) is 0 Å². The monoisotopic (exact) mass is 440 g/mol. The topological polar surface area (TPSA) is 88.3 Å². The van der Waals surface area contributed by atoms with E-state index in [4.69, 9.17) is 4.52 Å². The maximum Gasteiger partial charge on any atom is 0.246 e. The molecule has 0 unspecified atom stereocenters. The van der Waals surface area contributed by atoms with E-state index in [1.54, 1.807) is 4.90 Å². The third-order valence-corrected chi connectivity index (χ3v) is 5.02. The van der Waals surface area contributed by atoms with Crippen molar-refractivity contribution < 1.29 is 14.1 Å². The van der Waals surface area contributed by atoms with Crippen LogP contribution >= 0.6 is 15.9 Å². The normalized spacial score (nSPS) is 16.4. The third-order valence-electron chi connectivity index (χ3n) is 4.53. The summed E-state index contributed by atoms with van der Waals surface area (Å²) in [5, 5.41) is 6.72. The van der Waals surface area contributed by atoms with E-state index in [2.05, 4.69) is 31.4 Å². The van der Waals surface area contributed by atoms with Gasteiger partial charge >= 0.3 is 0 Å². The Kier molecular flexibility index (Phi) is 5.21. The van der Waals surface area contributed by atoms with E-state index in [0.717, 1.165) is 15.7 Å². The zero-order valence-corrected chi connectivity index (χ0v) is 16.4. The first-order chi connectivity index (χ1) is 13.6. The Labute approximate surface area is 169 Å². The van der Waals surface area contributed by atoms with Crippen molar-refractivity contribution >= 4 is 33.4 Å². The highest BCUT2D eigenvalue weighted by molar-refractivity contribution is 9.10. The van der Waals surface area contributed by atoms with E-state index >= 15 is 0 Å². The molecule has 0 aliphatic carbocycles. The summed E-state index contributed by atoms with van der Waals surface area (Å²) in [6, 6.07) is 16.9. The number of hydrogen-bond acceptors (Lipinski definition) is 5. The van der Waals surface area contributed by atoms with E-state index in [9.17, 15) is 9.59 Å². The average Bonchev–Trinajstić information content (AvgIpc) is 3.34. The maximum absolute atomic E-state index is 12.5. The van der Waals surface area contributed by atoms with Crippen molar-refractivity contribution in [2.24, 2.45) is 5.92 Å². The lowest BCUT2D eigenvalue weighted by molar-refractivity contribution is -0.126. The average molecular weight is 441 g/mol. The summed E-state index contributed by atoms with van der Waals surface area (Å²) in [6.45, 7) is 0.473. The van der Waals surface area contributed by atoms with E-state index < -0.39 is 5.92 Å². The first-order valence-electron chi connectivity index (χ1n) is 8.82. The Morgan fingerprint density at radius 1 is 1.21 bits per heavy atom. The molecule has 4 rings (SSSR count). The number of carbonyl (C=O) groups is 2. The van der Waals surface area contributed by atoms with Crippen LogP contribution in [-0.2, 0) is 16.1 Å². The SMILES string of the molecule is O=C(NCc1nc(-c2ccccc2)no1)[C@@H]1CC(=O)N(c2cccc(Br)c2)C1. The number of anilines is 1. The van der Waals surface area contributed by atoms with E-state index in [-0.39, 0.29) is 24.8 Å². The van der Waals surface area contributed by atoms with Gasteiger partial charge in [-0.1, -0.05) is 57.5 Å². The second kappa shape index (κ2) is 7.93. The van der Waals surface area contributed by atoms with Crippen molar-refractivity contribution in [3.05, 3.63) is 65.0 Å². The Hall–Kier alpha value is -3.00. The van der Waals surface area contributed by atoms with Gasteiger partial charge in [-0.2, -0.15) is 4.98 Å². The second-order valence-corrected chi connectivity index (χ2v) is 7.40. The molecule has 3 aromatic rings.